The second-order valence-electron chi connectivity index (χ2n) is 2.69. The van der Waals surface area contributed by atoms with Crippen molar-refractivity contribution in [1.82, 2.24) is 0 Å². The van der Waals surface area contributed by atoms with Crippen molar-refractivity contribution in [3.63, 3.8) is 0 Å². The summed E-state index contributed by atoms with van der Waals surface area (Å²) in [6, 6.07) is 0. The first-order valence-corrected chi connectivity index (χ1v) is 3.46. The lowest BCUT2D eigenvalue weighted by molar-refractivity contribution is 0.332. The zero-order valence-corrected chi connectivity index (χ0v) is 5.38. The number of hydrogen-bond acceptors (Lipinski definition) is 2. The zero-order valence-electron chi connectivity index (χ0n) is 5.38. The summed E-state index contributed by atoms with van der Waals surface area (Å²) in [5.74, 6) is 0. The summed E-state index contributed by atoms with van der Waals surface area (Å²) in [5, 5.41) is 0. The fourth-order valence-corrected chi connectivity index (χ4v) is 1.10. The zero-order chi connectivity index (χ0) is 6.27. The topological polar surface area (TPSA) is 25.1 Å². The van der Waals surface area contributed by atoms with Crippen LogP contribution in [0.25, 0.3) is 0 Å². The summed E-state index contributed by atoms with van der Waals surface area (Å²) in [5.41, 5.74) is 0. The number of rotatable bonds is 3. The van der Waals surface area contributed by atoms with Gasteiger partial charge in [-0.25, -0.2) is 0 Å². The summed E-state index contributed by atoms with van der Waals surface area (Å²) >= 11 is 0. The Morgan fingerprint density at radius 2 is 2.22 bits per heavy atom. The van der Waals surface area contributed by atoms with Gasteiger partial charge in [0, 0.05) is 6.42 Å². The van der Waals surface area contributed by atoms with Gasteiger partial charge >= 0.3 is 0 Å². The molecule has 0 aromatic carbocycles. The standard InChI is InChI=1S/C7H11O2/c1-2-6-7(9-6)3-5-4-8-5/h5-7H,1-4H2. The predicted molar refractivity (Wildman–Crippen MR) is 33.0 cm³/mol. The highest BCUT2D eigenvalue weighted by atomic mass is 16.6. The third-order valence-corrected chi connectivity index (χ3v) is 1.87. The SMILES string of the molecule is [CH2]CC1OC1CC1CO1. The average Bonchev–Trinajstić information content (AvgIpc) is 2.66. The number of epoxide rings is 2. The summed E-state index contributed by atoms with van der Waals surface area (Å²) in [6.07, 6.45) is 3.47. The lowest BCUT2D eigenvalue weighted by Crippen LogP contribution is -1.96. The van der Waals surface area contributed by atoms with Gasteiger partial charge in [-0.3, -0.25) is 0 Å². The molecule has 51 valence electrons. The first-order valence-electron chi connectivity index (χ1n) is 3.46. The molecule has 2 fully saturated rings. The molecule has 3 unspecified atom stereocenters. The first kappa shape index (κ1) is 5.69. The van der Waals surface area contributed by atoms with Crippen molar-refractivity contribution in [1.29, 1.82) is 0 Å². The Bertz CT molecular complexity index is 109. The van der Waals surface area contributed by atoms with E-state index in [9.17, 15) is 0 Å². The Morgan fingerprint density at radius 3 is 2.67 bits per heavy atom. The van der Waals surface area contributed by atoms with E-state index in [1.807, 2.05) is 0 Å². The van der Waals surface area contributed by atoms with Crippen LogP contribution in [0.3, 0.4) is 0 Å². The molecule has 0 spiro atoms. The fourth-order valence-electron chi connectivity index (χ4n) is 1.10. The van der Waals surface area contributed by atoms with Crippen molar-refractivity contribution in [3.05, 3.63) is 6.92 Å². The molecule has 2 saturated heterocycles. The second kappa shape index (κ2) is 1.96. The maximum atomic E-state index is 5.27. The van der Waals surface area contributed by atoms with Crippen LogP contribution in [-0.2, 0) is 9.47 Å². The normalized spacial score (nSPS) is 47.0. The van der Waals surface area contributed by atoms with Crippen LogP contribution in [0.5, 0.6) is 0 Å². The lowest BCUT2D eigenvalue weighted by Gasteiger charge is -1.84. The Hall–Kier alpha value is -0.0800. The quantitative estimate of drug-likeness (QED) is 0.523. The van der Waals surface area contributed by atoms with Crippen molar-refractivity contribution in [3.8, 4) is 0 Å². The van der Waals surface area contributed by atoms with E-state index >= 15 is 0 Å². The maximum Gasteiger partial charge on any atom is 0.0867 e. The van der Waals surface area contributed by atoms with E-state index in [1.165, 1.54) is 0 Å². The van der Waals surface area contributed by atoms with Crippen molar-refractivity contribution >= 4 is 0 Å². The molecule has 0 N–H and O–H groups in total. The first-order chi connectivity index (χ1) is 4.40. The molecule has 2 heteroatoms. The highest BCUT2D eigenvalue weighted by Gasteiger charge is 2.41. The van der Waals surface area contributed by atoms with Gasteiger partial charge in [-0.2, -0.15) is 0 Å². The third kappa shape index (κ3) is 1.25. The largest absolute Gasteiger partial charge is 0.373 e. The second-order valence-corrected chi connectivity index (χ2v) is 2.69. The van der Waals surface area contributed by atoms with Crippen molar-refractivity contribution in [2.24, 2.45) is 0 Å². The number of hydrogen-bond donors (Lipinski definition) is 0. The Kier molecular flexibility index (Phi) is 1.24. The van der Waals surface area contributed by atoms with Crippen LogP contribution in [0.4, 0.5) is 0 Å². The smallest absolute Gasteiger partial charge is 0.0867 e. The monoisotopic (exact) mass is 127 g/mol. The molecule has 0 aliphatic carbocycles. The van der Waals surface area contributed by atoms with Gasteiger partial charge in [0.1, 0.15) is 0 Å². The van der Waals surface area contributed by atoms with Gasteiger partial charge < -0.3 is 9.47 Å². The van der Waals surface area contributed by atoms with Crippen LogP contribution in [0, 0.1) is 6.92 Å². The Balaban J connectivity index is 1.65. The van der Waals surface area contributed by atoms with Gasteiger partial charge in [-0.1, -0.05) is 6.92 Å². The van der Waals surface area contributed by atoms with Crippen molar-refractivity contribution in [2.75, 3.05) is 6.61 Å². The molecule has 2 rings (SSSR count). The molecule has 2 nitrogen and oxygen atoms in total. The van der Waals surface area contributed by atoms with E-state index in [0.717, 1.165) is 19.4 Å². The molecule has 2 aliphatic heterocycles. The molecule has 0 saturated carbocycles. The third-order valence-electron chi connectivity index (χ3n) is 1.87. The van der Waals surface area contributed by atoms with Crippen molar-refractivity contribution in [2.45, 2.75) is 31.2 Å². The van der Waals surface area contributed by atoms with Gasteiger partial charge in [0.2, 0.25) is 0 Å². The molecule has 9 heavy (non-hydrogen) atoms. The molecule has 0 bridgehead atoms. The van der Waals surface area contributed by atoms with Gasteiger partial charge in [-0.15, -0.1) is 0 Å². The minimum absolute atomic E-state index is 0.453. The molecule has 2 aliphatic rings. The Labute approximate surface area is 55.1 Å². The highest BCUT2D eigenvalue weighted by molar-refractivity contribution is 4.89. The van der Waals surface area contributed by atoms with E-state index in [4.69, 9.17) is 9.47 Å². The lowest BCUT2D eigenvalue weighted by atomic mass is 10.2. The fraction of sp³-hybridized carbons (Fsp3) is 0.857. The highest BCUT2D eigenvalue weighted by Crippen LogP contribution is 2.32. The van der Waals surface area contributed by atoms with Crippen molar-refractivity contribution < 1.29 is 9.47 Å². The molecule has 0 aromatic heterocycles. The maximum absolute atomic E-state index is 5.27. The summed E-state index contributed by atoms with van der Waals surface area (Å²) < 4.78 is 10.3. The van der Waals surface area contributed by atoms with E-state index < -0.39 is 0 Å². The summed E-state index contributed by atoms with van der Waals surface area (Å²) in [6.45, 7) is 4.71. The van der Waals surface area contributed by atoms with Gasteiger partial charge in [0.15, 0.2) is 0 Å². The molecular formula is C7H11O2. The van der Waals surface area contributed by atoms with Gasteiger partial charge in [0.25, 0.3) is 0 Å². The van der Waals surface area contributed by atoms with Crippen LogP contribution >= 0.6 is 0 Å². The molecule has 2 heterocycles. The number of ether oxygens (including phenoxy) is 2. The van der Waals surface area contributed by atoms with E-state index in [-0.39, 0.29) is 0 Å². The predicted octanol–water partition coefficient (Wildman–Crippen LogP) is 0.767. The minimum Gasteiger partial charge on any atom is -0.373 e. The van der Waals surface area contributed by atoms with Gasteiger partial charge in [0.05, 0.1) is 24.9 Å². The van der Waals surface area contributed by atoms with E-state index in [0.29, 0.717) is 18.3 Å². The van der Waals surface area contributed by atoms with Crippen LogP contribution in [0.1, 0.15) is 12.8 Å². The van der Waals surface area contributed by atoms with E-state index in [2.05, 4.69) is 6.92 Å². The summed E-state index contributed by atoms with van der Waals surface area (Å²) in [7, 11) is 0. The average molecular weight is 127 g/mol. The van der Waals surface area contributed by atoms with Crippen LogP contribution in [-0.4, -0.2) is 24.9 Å². The molecular weight excluding hydrogens is 116 g/mol. The summed E-state index contributed by atoms with van der Waals surface area (Å²) in [4.78, 5) is 0. The molecule has 0 aromatic rings. The van der Waals surface area contributed by atoms with E-state index in [1.54, 1.807) is 0 Å². The molecule has 1 radical (unpaired) electrons. The Morgan fingerprint density at radius 1 is 1.44 bits per heavy atom. The minimum atomic E-state index is 0.453. The molecule has 3 atom stereocenters. The molecule has 0 amide bonds. The van der Waals surface area contributed by atoms with Crippen LogP contribution < -0.4 is 0 Å². The van der Waals surface area contributed by atoms with Crippen LogP contribution in [0.15, 0.2) is 0 Å². The van der Waals surface area contributed by atoms with Crippen LogP contribution in [0.2, 0.25) is 0 Å². The van der Waals surface area contributed by atoms with Gasteiger partial charge in [-0.05, 0) is 6.42 Å².